The van der Waals surface area contributed by atoms with Crippen molar-refractivity contribution < 1.29 is 9.53 Å². The maximum atomic E-state index is 13.3. The molecule has 2 aromatic carbocycles. The Morgan fingerprint density at radius 3 is 2.48 bits per heavy atom. The third-order valence-corrected chi connectivity index (χ3v) is 6.81. The fourth-order valence-corrected chi connectivity index (χ4v) is 4.79. The average molecular weight is 413 g/mol. The minimum absolute atomic E-state index is 0.137. The molecule has 4 nitrogen and oxygen atoms in total. The van der Waals surface area contributed by atoms with Crippen LogP contribution in [-0.2, 0) is 10.2 Å². The molecule has 154 valence electrons. The number of likely N-dealkylation sites (tertiary alicyclic amines) is 1. The Bertz CT molecular complexity index is 842. The van der Waals surface area contributed by atoms with Crippen LogP contribution < -0.4 is 10.1 Å². The number of carbonyl (C=O) groups is 1. The van der Waals surface area contributed by atoms with Gasteiger partial charge in [0.2, 0.25) is 5.91 Å². The summed E-state index contributed by atoms with van der Waals surface area (Å²) in [5, 5.41) is 4.00. The molecule has 1 atom stereocenters. The number of hydrogen-bond donors (Lipinski definition) is 1. The molecule has 1 amide bonds. The van der Waals surface area contributed by atoms with Crippen molar-refractivity contribution in [3.63, 3.8) is 0 Å². The van der Waals surface area contributed by atoms with E-state index in [4.69, 9.17) is 16.3 Å². The molecular formula is C24H29ClN2O2. The second-order valence-electron chi connectivity index (χ2n) is 8.19. The monoisotopic (exact) mass is 412 g/mol. The van der Waals surface area contributed by atoms with Crippen LogP contribution in [0.15, 0.2) is 48.5 Å². The minimum atomic E-state index is -0.408. The molecule has 1 aliphatic heterocycles. The first-order chi connectivity index (χ1) is 14.1. The van der Waals surface area contributed by atoms with Gasteiger partial charge in [-0.25, -0.2) is 0 Å². The zero-order chi connectivity index (χ0) is 20.3. The van der Waals surface area contributed by atoms with Crippen molar-refractivity contribution in [2.75, 3.05) is 26.7 Å². The summed E-state index contributed by atoms with van der Waals surface area (Å²) in [6, 6.07) is 16.2. The molecule has 0 radical (unpaired) electrons. The highest BCUT2D eigenvalue weighted by Gasteiger charge is 2.45. The van der Waals surface area contributed by atoms with Crippen LogP contribution in [0.1, 0.15) is 49.3 Å². The third-order valence-electron chi connectivity index (χ3n) is 6.55. The normalized spacial score (nSPS) is 19.4. The Balaban J connectivity index is 1.52. The molecule has 1 saturated heterocycles. The average Bonchev–Trinajstić information content (AvgIpc) is 3.23. The van der Waals surface area contributed by atoms with Gasteiger partial charge in [0.1, 0.15) is 5.75 Å². The van der Waals surface area contributed by atoms with E-state index >= 15 is 0 Å². The number of rotatable bonds is 7. The van der Waals surface area contributed by atoms with Gasteiger partial charge in [-0.15, -0.1) is 0 Å². The molecule has 1 saturated carbocycles. The summed E-state index contributed by atoms with van der Waals surface area (Å²) in [6.07, 6.45) is 5.30. The molecule has 0 spiro atoms. The van der Waals surface area contributed by atoms with Crippen molar-refractivity contribution in [2.45, 2.75) is 43.6 Å². The van der Waals surface area contributed by atoms with E-state index in [0.29, 0.717) is 11.6 Å². The Morgan fingerprint density at radius 2 is 1.86 bits per heavy atom. The van der Waals surface area contributed by atoms with Crippen molar-refractivity contribution in [1.29, 1.82) is 0 Å². The second kappa shape index (κ2) is 8.76. The molecule has 5 heteroatoms. The fourth-order valence-electron chi connectivity index (χ4n) is 4.66. The lowest BCUT2D eigenvalue weighted by Gasteiger charge is -2.41. The van der Waals surface area contributed by atoms with Gasteiger partial charge in [0, 0.05) is 11.6 Å². The van der Waals surface area contributed by atoms with Crippen molar-refractivity contribution >= 4 is 17.5 Å². The van der Waals surface area contributed by atoms with Crippen LogP contribution in [0.4, 0.5) is 0 Å². The summed E-state index contributed by atoms with van der Waals surface area (Å²) in [5.41, 5.74) is 1.86. The molecule has 2 aliphatic rings. The van der Waals surface area contributed by atoms with Crippen molar-refractivity contribution in [2.24, 2.45) is 0 Å². The number of nitrogens with one attached hydrogen (secondary N) is 1. The van der Waals surface area contributed by atoms with Crippen molar-refractivity contribution in [1.82, 2.24) is 10.2 Å². The first-order valence-electron chi connectivity index (χ1n) is 10.5. The smallest absolute Gasteiger partial charge is 0.230 e. The zero-order valence-electron chi connectivity index (χ0n) is 17.0. The van der Waals surface area contributed by atoms with E-state index in [-0.39, 0.29) is 11.9 Å². The highest BCUT2D eigenvalue weighted by molar-refractivity contribution is 6.30. The first kappa shape index (κ1) is 20.2. The summed E-state index contributed by atoms with van der Waals surface area (Å²) in [5.74, 6) is 0.993. The lowest BCUT2D eigenvalue weighted by atomic mass is 9.64. The standard InChI is InChI=1S/C24H29ClN2O2/c1-29-21-7-4-6-18(16-21)22(27-14-2-3-15-27)17-26-23(28)24(12-5-13-24)19-8-10-20(25)11-9-19/h4,6-11,16,22H,2-3,5,12-15,17H2,1H3,(H,26,28)/t22-/m1/s1. The number of nitrogens with zero attached hydrogens (tertiary/aromatic N) is 1. The number of halogens is 1. The van der Waals surface area contributed by atoms with Gasteiger partial charge in [-0.05, 0) is 74.2 Å². The van der Waals surface area contributed by atoms with Crippen LogP contribution in [0.2, 0.25) is 5.02 Å². The maximum Gasteiger partial charge on any atom is 0.230 e. The lowest BCUT2D eigenvalue weighted by molar-refractivity contribution is -0.130. The number of benzene rings is 2. The number of ether oxygens (including phenoxy) is 1. The van der Waals surface area contributed by atoms with Crippen LogP contribution in [-0.4, -0.2) is 37.6 Å². The summed E-state index contributed by atoms with van der Waals surface area (Å²) in [7, 11) is 1.69. The molecular weight excluding hydrogens is 384 g/mol. The maximum absolute atomic E-state index is 13.3. The quantitative estimate of drug-likeness (QED) is 0.715. The van der Waals surface area contributed by atoms with Gasteiger partial charge in [-0.1, -0.05) is 42.3 Å². The van der Waals surface area contributed by atoms with E-state index in [0.717, 1.165) is 43.7 Å². The first-order valence-corrected chi connectivity index (χ1v) is 10.9. The highest BCUT2D eigenvalue weighted by atomic mass is 35.5. The van der Waals surface area contributed by atoms with Crippen LogP contribution in [0.25, 0.3) is 0 Å². The Morgan fingerprint density at radius 1 is 1.14 bits per heavy atom. The summed E-state index contributed by atoms with van der Waals surface area (Å²) in [4.78, 5) is 15.8. The van der Waals surface area contributed by atoms with E-state index in [1.54, 1.807) is 7.11 Å². The number of amides is 1. The van der Waals surface area contributed by atoms with Crippen LogP contribution in [0, 0.1) is 0 Å². The minimum Gasteiger partial charge on any atom is -0.497 e. The van der Waals surface area contributed by atoms with Gasteiger partial charge in [0.15, 0.2) is 0 Å². The van der Waals surface area contributed by atoms with E-state index < -0.39 is 5.41 Å². The Kier molecular flexibility index (Phi) is 6.12. The Hall–Kier alpha value is -2.04. The molecule has 0 unspecified atom stereocenters. The molecule has 0 bridgehead atoms. The zero-order valence-corrected chi connectivity index (χ0v) is 17.8. The predicted octanol–water partition coefficient (Wildman–Crippen LogP) is 4.72. The molecule has 0 aromatic heterocycles. The van der Waals surface area contributed by atoms with E-state index in [2.05, 4.69) is 22.3 Å². The highest BCUT2D eigenvalue weighted by Crippen LogP contribution is 2.44. The van der Waals surface area contributed by atoms with Crippen LogP contribution in [0.3, 0.4) is 0 Å². The topological polar surface area (TPSA) is 41.6 Å². The second-order valence-corrected chi connectivity index (χ2v) is 8.62. The lowest BCUT2D eigenvalue weighted by Crippen LogP contribution is -2.51. The molecule has 2 fully saturated rings. The number of carbonyl (C=O) groups excluding carboxylic acids is 1. The molecule has 2 aromatic rings. The Labute approximate surface area is 178 Å². The predicted molar refractivity (Wildman–Crippen MR) is 117 cm³/mol. The van der Waals surface area contributed by atoms with E-state index in [1.807, 2.05) is 36.4 Å². The fraction of sp³-hybridized carbons (Fsp3) is 0.458. The SMILES string of the molecule is COc1cccc([C@@H](CNC(=O)C2(c3ccc(Cl)cc3)CCC2)N2CCCC2)c1. The van der Waals surface area contributed by atoms with Crippen LogP contribution >= 0.6 is 11.6 Å². The van der Waals surface area contributed by atoms with Gasteiger partial charge in [-0.2, -0.15) is 0 Å². The number of methoxy groups -OCH3 is 1. The third kappa shape index (κ3) is 4.15. The molecule has 1 N–H and O–H groups in total. The van der Waals surface area contributed by atoms with Gasteiger partial charge >= 0.3 is 0 Å². The largest absolute Gasteiger partial charge is 0.497 e. The van der Waals surface area contributed by atoms with Gasteiger partial charge < -0.3 is 10.1 Å². The van der Waals surface area contributed by atoms with E-state index in [9.17, 15) is 4.79 Å². The summed E-state index contributed by atoms with van der Waals surface area (Å²) >= 11 is 6.05. The van der Waals surface area contributed by atoms with Crippen molar-refractivity contribution in [3.05, 3.63) is 64.7 Å². The van der Waals surface area contributed by atoms with Gasteiger partial charge in [0.05, 0.1) is 18.6 Å². The van der Waals surface area contributed by atoms with E-state index in [1.165, 1.54) is 18.4 Å². The summed E-state index contributed by atoms with van der Waals surface area (Å²) in [6.45, 7) is 2.75. The van der Waals surface area contributed by atoms with Crippen molar-refractivity contribution in [3.8, 4) is 5.75 Å². The van der Waals surface area contributed by atoms with Gasteiger partial charge in [0.25, 0.3) is 0 Å². The molecule has 1 aliphatic carbocycles. The van der Waals surface area contributed by atoms with Gasteiger partial charge in [-0.3, -0.25) is 9.69 Å². The summed E-state index contributed by atoms with van der Waals surface area (Å²) < 4.78 is 5.42. The molecule has 1 heterocycles. The molecule has 4 rings (SSSR count). The number of hydrogen-bond acceptors (Lipinski definition) is 3. The molecule has 29 heavy (non-hydrogen) atoms. The van der Waals surface area contributed by atoms with Crippen LogP contribution in [0.5, 0.6) is 5.75 Å².